The average Bonchev–Trinajstić information content (AvgIpc) is 2.13. The zero-order chi connectivity index (χ0) is 11.9. The molecular weight excluding hydrogens is 216 g/mol. The topological polar surface area (TPSA) is 89.3 Å². The van der Waals surface area contributed by atoms with Gasteiger partial charge in [0.15, 0.2) is 0 Å². The molecule has 1 amide bonds. The Morgan fingerprint density at radius 1 is 1.47 bits per heavy atom. The molecule has 0 aliphatic carbocycles. The van der Waals surface area contributed by atoms with Crippen molar-refractivity contribution in [3.05, 3.63) is 0 Å². The summed E-state index contributed by atoms with van der Waals surface area (Å²) in [7, 11) is -3.43. The SMILES string of the molecule is CCCS(=O)(=O)NC(=O)C(C)CCCN. The van der Waals surface area contributed by atoms with E-state index in [4.69, 9.17) is 5.73 Å². The van der Waals surface area contributed by atoms with Crippen LogP contribution >= 0.6 is 0 Å². The Morgan fingerprint density at radius 3 is 2.53 bits per heavy atom. The minimum Gasteiger partial charge on any atom is -0.330 e. The second-order valence-electron chi connectivity index (χ2n) is 3.62. The zero-order valence-corrected chi connectivity index (χ0v) is 10.1. The predicted octanol–water partition coefficient (Wildman–Crippen LogP) is 0.217. The third-order valence-electron chi connectivity index (χ3n) is 2.02. The molecule has 3 N–H and O–H groups in total. The van der Waals surface area contributed by atoms with Gasteiger partial charge in [0.25, 0.3) is 0 Å². The van der Waals surface area contributed by atoms with Gasteiger partial charge in [0.1, 0.15) is 0 Å². The molecule has 0 spiro atoms. The van der Waals surface area contributed by atoms with Crippen molar-refractivity contribution in [1.29, 1.82) is 0 Å². The van der Waals surface area contributed by atoms with Crippen molar-refractivity contribution < 1.29 is 13.2 Å². The average molecular weight is 236 g/mol. The molecule has 6 heteroatoms. The number of nitrogens with two attached hydrogens (primary N) is 1. The van der Waals surface area contributed by atoms with E-state index in [2.05, 4.69) is 4.72 Å². The molecule has 90 valence electrons. The Kier molecular flexibility index (Phi) is 6.51. The molecule has 0 aromatic carbocycles. The minimum atomic E-state index is -3.43. The summed E-state index contributed by atoms with van der Waals surface area (Å²) >= 11 is 0. The highest BCUT2D eigenvalue weighted by molar-refractivity contribution is 7.90. The summed E-state index contributed by atoms with van der Waals surface area (Å²) in [5.41, 5.74) is 5.30. The molecule has 0 radical (unpaired) electrons. The maximum Gasteiger partial charge on any atom is 0.236 e. The van der Waals surface area contributed by atoms with Crippen LogP contribution in [0.3, 0.4) is 0 Å². The quantitative estimate of drug-likeness (QED) is 0.661. The third-order valence-corrected chi connectivity index (χ3v) is 3.48. The van der Waals surface area contributed by atoms with Crippen molar-refractivity contribution >= 4 is 15.9 Å². The Hall–Kier alpha value is -0.620. The van der Waals surface area contributed by atoms with E-state index in [1.165, 1.54) is 0 Å². The molecule has 0 saturated carbocycles. The van der Waals surface area contributed by atoms with Crippen molar-refractivity contribution in [2.75, 3.05) is 12.3 Å². The summed E-state index contributed by atoms with van der Waals surface area (Å²) in [5, 5.41) is 0. The molecule has 0 aliphatic heterocycles. The van der Waals surface area contributed by atoms with Gasteiger partial charge in [-0.1, -0.05) is 13.8 Å². The van der Waals surface area contributed by atoms with E-state index in [0.717, 1.165) is 6.42 Å². The summed E-state index contributed by atoms with van der Waals surface area (Å²) in [6, 6.07) is 0. The Balaban J connectivity index is 4.12. The smallest absolute Gasteiger partial charge is 0.236 e. The lowest BCUT2D eigenvalue weighted by Crippen LogP contribution is -2.36. The Labute approximate surface area is 91.5 Å². The fourth-order valence-electron chi connectivity index (χ4n) is 1.13. The van der Waals surface area contributed by atoms with Crippen molar-refractivity contribution in [3.8, 4) is 0 Å². The molecule has 0 aromatic rings. The van der Waals surface area contributed by atoms with Crippen LogP contribution in [0.5, 0.6) is 0 Å². The number of nitrogens with one attached hydrogen (secondary N) is 1. The summed E-state index contributed by atoms with van der Waals surface area (Å²) < 4.78 is 24.6. The number of sulfonamides is 1. The van der Waals surface area contributed by atoms with Gasteiger partial charge in [0, 0.05) is 5.92 Å². The first-order valence-corrected chi connectivity index (χ1v) is 6.82. The first-order valence-electron chi connectivity index (χ1n) is 5.17. The molecule has 0 rings (SSSR count). The molecule has 5 nitrogen and oxygen atoms in total. The van der Waals surface area contributed by atoms with Crippen LogP contribution in [0.1, 0.15) is 33.1 Å². The van der Waals surface area contributed by atoms with Gasteiger partial charge in [-0.2, -0.15) is 0 Å². The number of amides is 1. The largest absolute Gasteiger partial charge is 0.330 e. The molecule has 1 unspecified atom stereocenters. The molecule has 0 aliphatic rings. The van der Waals surface area contributed by atoms with Gasteiger partial charge < -0.3 is 5.73 Å². The molecule has 1 atom stereocenters. The number of hydrogen-bond acceptors (Lipinski definition) is 4. The van der Waals surface area contributed by atoms with E-state index in [1.54, 1.807) is 13.8 Å². The number of carbonyl (C=O) groups is 1. The van der Waals surface area contributed by atoms with Crippen molar-refractivity contribution in [2.24, 2.45) is 11.7 Å². The van der Waals surface area contributed by atoms with Crippen LogP contribution in [0.15, 0.2) is 0 Å². The van der Waals surface area contributed by atoms with Crippen LogP contribution in [0.2, 0.25) is 0 Å². The molecular formula is C9H20N2O3S. The molecule has 0 saturated heterocycles. The maximum atomic E-state index is 11.4. The van der Waals surface area contributed by atoms with Gasteiger partial charge in [-0.25, -0.2) is 8.42 Å². The molecule has 0 aromatic heterocycles. The number of hydrogen-bond donors (Lipinski definition) is 2. The monoisotopic (exact) mass is 236 g/mol. The van der Waals surface area contributed by atoms with E-state index in [1.807, 2.05) is 0 Å². The van der Waals surface area contributed by atoms with Gasteiger partial charge in [0.2, 0.25) is 15.9 Å². The fraction of sp³-hybridized carbons (Fsp3) is 0.889. The van der Waals surface area contributed by atoms with Gasteiger partial charge in [0.05, 0.1) is 5.75 Å². The second kappa shape index (κ2) is 6.79. The normalized spacial score (nSPS) is 13.5. The van der Waals surface area contributed by atoms with Crippen LogP contribution in [0, 0.1) is 5.92 Å². The highest BCUT2D eigenvalue weighted by Gasteiger charge is 2.18. The van der Waals surface area contributed by atoms with E-state index >= 15 is 0 Å². The molecule has 0 fully saturated rings. The Morgan fingerprint density at radius 2 is 2.07 bits per heavy atom. The van der Waals surface area contributed by atoms with Crippen LogP contribution in [0.4, 0.5) is 0 Å². The van der Waals surface area contributed by atoms with Gasteiger partial charge in [-0.05, 0) is 25.8 Å². The summed E-state index contributed by atoms with van der Waals surface area (Å²) in [6.45, 7) is 3.97. The first kappa shape index (κ1) is 14.4. The van der Waals surface area contributed by atoms with E-state index in [9.17, 15) is 13.2 Å². The first-order chi connectivity index (χ1) is 6.93. The van der Waals surface area contributed by atoms with E-state index in [-0.39, 0.29) is 11.7 Å². The summed E-state index contributed by atoms with van der Waals surface area (Å²) in [5.74, 6) is -0.750. The third kappa shape index (κ3) is 6.46. The number of rotatable bonds is 7. The van der Waals surface area contributed by atoms with Crippen molar-refractivity contribution in [3.63, 3.8) is 0 Å². The van der Waals surface area contributed by atoms with Gasteiger partial charge >= 0.3 is 0 Å². The van der Waals surface area contributed by atoms with Crippen LogP contribution in [0.25, 0.3) is 0 Å². The summed E-state index contributed by atoms with van der Waals surface area (Å²) in [4.78, 5) is 11.4. The van der Waals surface area contributed by atoms with Crippen LogP contribution in [-0.4, -0.2) is 26.6 Å². The highest BCUT2D eigenvalue weighted by Crippen LogP contribution is 2.05. The van der Waals surface area contributed by atoms with Crippen molar-refractivity contribution in [1.82, 2.24) is 4.72 Å². The highest BCUT2D eigenvalue weighted by atomic mass is 32.2. The minimum absolute atomic E-state index is 0.0116. The lowest BCUT2D eigenvalue weighted by atomic mass is 10.1. The Bertz CT molecular complexity index is 288. The predicted molar refractivity (Wildman–Crippen MR) is 59.7 cm³/mol. The van der Waals surface area contributed by atoms with Crippen LogP contribution in [-0.2, 0) is 14.8 Å². The molecule has 0 heterocycles. The van der Waals surface area contributed by atoms with E-state index in [0.29, 0.717) is 19.4 Å². The lowest BCUT2D eigenvalue weighted by Gasteiger charge is -2.11. The van der Waals surface area contributed by atoms with Gasteiger partial charge in [-0.3, -0.25) is 9.52 Å². The van der Waals surface area contributed by atoms with E-state index < -0.39 is 15.9 Å². The molecule has 15 heavy (non-hydrogen) atoms. The number of carbonyl (C=O) groups excluding carboxylic acids is 1. The zero-order valence-electron chi connectivity index (χ0n) is 9.32. The second-order valence-corrected chi connectivity index (χ2v) is 5.46. The fourth-order valence-corrected chi connectivity index (χ4v) is 2.28. The molecule has 0 bridgehead atoms. The maximum absolute atomic E-state index is 11.4. The van der Waals surface area contributed by atoms with Gasteiger partial charge in [-0.15, -0.1) is 0 Å². The standard InChI is InChI=1S/C9H20N2O3S/c1-3-7-15(13,14)11-9(12)8(2)5-4-6-10/h8H,3-7,10H2,1-2H3,(H,11,12). The summed E-state index contributed by atoms with van der Waals surface area (Å²) in [6.07, 6.45) is 1.84. The lowest BCUT2D eigenvalue weighted by molar-refractivity contribution is -0.122. The van der Waals surface area contributed by atoms with Crippen LogP contribution < -0.4 is 10.5 Å². The van der Waals surface area contributed by atoms with Crippen molar-refractivity contribution in [2.45, 2.75) is 33.1 Å².